The minimum Gasteiger partial charge on any atom is -0.289 e. The van der Waals surface area contributed by atoms with Crippen molar-refractivity contribution < 1.29 is 9.72 Å². The van der Waals surface area contributed by atoms with Crippen molar-refractivity contribution in [3.8, 4) is 0 Å². The van der Waals surface area contributed by atoms with Gasteiger partial charge in [0.1, 0.15) is 5.15 Å². The Labute approximate surface area is 148 Å². The fraction of sp³-hybridized carbons (Fsp3) is 0.0526. The lowest BCUT2D eigenvalue weighted by Crippen LogP contribution is -1.96. The van der Waals surface area contributed by atoms with Gasteiger partial charge in [0.2, 0.25) is 0 Å². The van der Waals surface area contributed by atoms with Gasteiger partial charge in [-0.05, 0) is 36.8 Å². The Hall–Kier alpha value is -3.05. The number of ketones is 1. The SMILES string of the molecule is Cc1ccc2cc(/C=C/C(=O)c3cccc([N+](=O)[O-])c3)c(Cl)nc2c1. The number of carbonyl (C=O) groups is 1. The zero-order chi connectivity index (χ0) is 18.0. The van der Waals surface area contributed by atoms with E-state index in [0.717, 1.165) is 16.5 Å². The lowest BCUT2D eigenvalue weighted by Gasteiger charge is -2.03. The lowest BCUT2D eigenvalue weighted by molar-refractivity contribution is -0.384. The molecule has 0 bridgehead atoms. The third-order valence-corrected chi connectivity index (χ3v) is 4.01. The summed E-state index contributed by atoms with van der Waals surface area (Å²) in [6, 6.07) is 13.3. The standard InChI is InChI=1S/C19H13ClN2O3/c1-12-5-6-13-10-15(19(20)21-17(13)9-12)7-8-18(23)14-3-2-4-16(11-14)22(24)25/h2-11H,1H3/b8-7+. The van der Waals surface area contributed by atoms with Gasteiger partial charge >= 0.3 is 0 Å². The number of hydrogen-bond acceptors (Lipinski definition) is 4. The van der Waals surface area contributed by atoms with E-state index in [9.17, 15) is 14.9 Å². The van der Waals surface area contributed by atoms with Crippen LogP contribution in [0.25, 0.3) is 17.0 Å². The molecular weight excluding hydrogens is 340 g/mol. The number of hydrogen-bond donors (Lipinski definition) is 0. The Bertz CT molecular complexity index is 1030. The van der Waals surface area contributed by atoms with Gasteiger partial charge in [-0.3, -0.25) is 14.9 Å². The molecule has 0 N–H and O–H groups in total. The van der Waals surface area contributed by atoms with Crippen LogP contribution in [0.1, 0.15) is 21.5 Å². The van der Waals surface area contributed by atoms with Gasteiger partial charge in [0.25, 0.3) is 5.69 Å². The molecule has 0 saturated carbocycles. The van der Waals surface area contributed by atoms with E-state index in [1.165, 1.54) is 30.3 Å². The van der Waals surface area contributed by atoms with Crippen molar-refractivity contribution in [2.45, 2.75) is 6.92 Å². The van der Waals surface area contributed by atoms with E-state index in [2.05, 4.69) is 4.98 Å². The molecule has 0 aliphatic rings. The van der Waals surface area contributed by atoms with Gasteiger partial charge in [0.15, 0.2) is 5.78 Å². The van der Waals surface area contributed by atoms with Crippen molar-refractivity contribution in [2.75, 3.05) is 0 Å². The van der Waals surface area contributed by atoms with Crippen LogP contribution in [0.5, 0.6) is 0 Å². The fourth-order valence-electron chi connectivity index (χ4n) is 2.42. The topological polar surface area (TPSA) is 73.1 Å². The Morgan fingerprint density at radius 2 is 2.00 bits per heavy atom. The van der Waals surface area contributed by atoms with Crippen molar-refractivity contribution >= 4 is 40.1 Å². The number of benzene rings is 2. The smallest absolute Gasteiger partial charge is 0.270 e. The summed E-state index contributed by atoms with van der Waals surface area (Å²) >= 11 is 6.19. The van der Waals surface area contributed by atoms with Gasteiger partial charge in [-0.1, -0.05) is 35.9 Å². The Kier molecular flexibility index (Phi) is 4.59. The zero-order valence-electron chi connectivity index (χ0n) is 13.3. The predicted octanol–water partition coefficient (Wildman–Crippen LogP) is 5.00. The molecule has 124 valence electrons. The first-order valence-electron chi connectivity index (χ1n) is 7.48. The summed E-state index contributed by atoms with van der Waals surface area (Å²) < 4.78 is 0. The van der Waals surface area contributed by atoms with Crippen LogP contribution in [0.15, 0.2) is 54.6 Å². The van der Waals surface area contributed by atoms with Crippen LogP contribution in [0, 0.1) is 17.0 Å². The second kappa shape index (κ2) is 6.83. The Morgan fingerprint density at radius 1 is 1.20 bits per heavy atom. The molecule has 1 heterocycles. The predicted molar refractivity (Wildman–Crippen MR) is 98.0 cm³/mol. The highest BCUT2D eigenvalue weighted by atomic mass is 35.5. The molecule has 0 saturated heterocycles. The molecule has 0 unspecified atom stereocenters. The van der Waals surface area contributed by atoms with Gasteiger partial charge in [-0.15, -0.1) is 0 Å². The molecule has 0 spiro atoms. The summed E-state index contributed by atoms with van der Waals surface area (Å²) in [7, 11) is 0. The number of aromatic nitrogens is 1. The lowest BCUT2D eigenvalue weighted by atomic mass is 10.1. The normalized spacial score (nSPS) is 11.1. The minimum atomic E-state index is -0.535. The molecule has 0 radical (unpaired) electrons. The van der Waals surface area contributed by atoms with Crippen LogP contribution in [-0.4, -0.2) is 15.7 Å². The number of halogens is 1. The molecule has 0 amide bonds. The first kappa shape index (κ1) is 16.8. The second-order valence-corrected chi connectivity index (χ2v) is 5.93. The van der Waals surface area contributed by atoms with Crippen molar-refractivity contribution in [2.24, 2.45) is 0 Å². The van der Waals surface area contributed by atoms with Crippen LogP contribution in [-0.2, 0) is 0 Å². The molecule has 25 heavy (non-hydrogen) atoms. The average Bonchev–Trinajstić information content (AvgIpc) is 2.59. The van der Waals surface area contributed by atoms with Crippen LogP contribution in [0.2, 0.25) is 5.15 Å². The van der Waals surface area contributed by atoms with E-state index in [1.807, 2.05) is 31.2 Å². The summed E-state index contributed by atoms with van der Waals surface area (Å²) in [5.74, 6) is -0.344. The van der Waals surface area contributed by atoms with Crippen LogP contribution in [0.3, 0.4) is 0 Å². The number of fused-ring (bicyclic) bond motifs is 1. The molecule has 0 aliphatic heterocycles. The maximum Gasteiger partial charge on any atom is 0.270 e. The zero-order valence-corrected chi connectivity index (χ0v) is 14.0. The van der Waals surface area contributed by atoms with Crippen LogP contribution in [0.4, 0.5) is 5.69 Å². The van der Waals surface area contributed by atoms with Crippen LogP contribution >= 0.6 is 11.6 Å². The van der Waals surface area contributed by atoms with Gasteiger partial charge in [0, 0.05) is 28.6 Å². The molecule has 1 aromatic heterocycles. The molecule has 3 aromatic rings. The highest BCUT2D eigenvalue weighted by Gasteiger charge is 2.10. The number of non-ortho nitro benzene ring substituents is 1. The molecule has 6 heteroatoms. The summed E-state index contributed by atoms with van der Waals surface area (Å²) in [4.78, 5) is 26.8. The number of allylic oxidation sites excluding steroid dienone is 1. The summed E-state index contributed by atoms with van der Waals surface area (Å²) in [5.41, 5.74) is 2.59. The average molecular weight is 353 g/mol. The number of nitrogens with zero attached hydrogens (tertiary/aromatic N) is 2. The molecule has 0 atom stereocenters. The Morgan fingerprint density at radius 3 is 2.76 bits per heavy atom. The van der Waals surface area contributed by atoms with Crippen molar-refractivity contribution in [3.63, 3.8) is 0 Å². The van der Waals surface area contributed by atoms with Gasteiger partial charge in [-0.25, -0.2) is 4.98 Å². The number of aryl methyl sites for hydroxylation is 1. The maximum atomic E-state index is 12.2. The van der Waals surface area contributed by atoms with Gasteiger partial charge in [0.05, 0.1) is 10.4 Å². The monoisotopic (exact) mass is 352 g/mol. The van der Waals surface area contributed by atoms with Crippen molar-refractivity contribution in [1.29, 1.82) is 0 Å². The maximum absolute atomic E-state index is 12.2. The molecule has 3 rings (SSSR count). The summed E-state index contributed by atoms with van der Waals surface area (Å²) in [6.07, 6.45) is 2.90. The van der Waals surface area contributed by atoms with E-state index < -0.39 is 4.92 Å². The number of rotatable bonds is 4. The molecular formula is C19H13ClN2O3. The highest BCUT2D eigenvalue weighted by molar-refractivity contribution is 6.31. The number of pyridine rings is 1. The molecule has 2 aromatic carbocycles. The van der Waals surface area contributed by atoms with Crippen molar-refractivity contribution in [1.82, 2.24) is 4.98 Å². The molecule has 0 fully saturated rings. The van der Waals surface area contributed by atoms with E-state index in [4.69, 9.17) is 11.6 Å². The van der Waals surface area contributed by atoms with Crippen LogP contribution < -0.4 is 0 Å². The van der Waals surface area contributed by atoms with E-state index in [0.29, 0.717) is 10.7 Å². The largest absolute Gasteiger partial charge is 0.289 e. The minimum absolute atomic E-state index is 0.125. The number of carbonyl (C=O) groups excluding carboxylic acids is 1. The van der Waals surface area contributed by atoms with E-state index in [-0.39, 0.29) is 17.0 Å². The quantitative estimate of drug-likeness (QED) is 0.218. The van der Waals surface area contributed by atoms with E-state index >= 15 is 0 Å². The molecule has 5 nitrogen and oxygen atoms in total. The first-order chi connectivity index (χ1) is 11.9. The summed E-state index contributed by atoms with van der Waals surface area (Å²) in [5, 5.41) is 12.0. The first-order valence-corrected chi connectivity index (χ1v) is 7.85. The number of nitro groups is 1. The van der Waals surface area contributed by atoms with E-state index in [1.54, 1.807) is 6.08 Å². The third kappa shape index (κ3) is 3.72. The fourth-order valence-corrected chi connectivity index (χ4v) is 2.63. The molecule has 0 aliphatic carbocycles. The third-order valence-electron chi connectivity index (χ3n) is 3.71. The summed E-state index contributed by atoms with van der Waals surface area (Å²) in [6.45, 7) is 1.97. The highest BCUT2D eigenvalue weighted by Crippen LogP contribution is 2.23. The van der Waals surface area contributed by atoms with Gasteiger partial charge < -0.3 is 0 Å². The Balaban J connectivity index is 1.91. The second-order valence-electron chi connectivity index (χ2n) is 5.57. The number of nitro benzene ring substituents is 1. The van der Waals surface area contributed by atoms with Gasteiger partial charge in [-0.2, -0.15) is 0 Å². The van der Waals surface area contributed by atoms with Crippen molar-refractivity contribution in [3.05, 3.63) is 86.6 Å².